The van der Waals surface area contributed by atoms with E-state index in [0.717, 1.165) is 17.0 Å². The second-order valence-electron chi connectivity index (χ2n) is 5.46. The van der Waals surface area contributed by atoms with E-state index in [1.54, 1.807) is 0 Å². The van der Waals surface area contributed by atoms with Gasteiger partial charge >= 0.3 is 0 Å². The SMILES string of the molecule is CN1CCC(N(C)c2ccc(CCN)c(Cl)c2)CC1. The summed E-state index contributed by atoms with van der Waals surface area (Å²) in [5, 5.41) is 0.836. The third kappa shape index (κ3) is 3.62. The highest BCUT2D eigenvalue weighted by Gasteiger charge is 2.21. The van der Waals surface area contributed by atoms with Crippen molar-refractivity contribution in [2.75, 3.05) is 38.6 Å². The first-order valence-electron chi connectivity index (χ1n) is 7.01. The number of nitrogens with zero attached hydrogens (tertiary/aromatic N) is 2. The van der Waals surface area contributed by atoms with Gasteiger partial charge in [-0.2, -0.15) is 0 Å². The topological polar surface area (TPSA) is 32.5 Å². The van der Waals surface area contributed by atoms with Gasteiger partial charge in [0.25, 0.3) is 0 Å². The van der Waals surface area contributed by atoms with E-state index >= 15 is 0 Å². The molecule has 1 fully saturated rings. The second-order valence-corrected chi connectivity index (χ2v) is 5.87. The highest BCUT2D eigenvalue weighted by Crippen LogP contribution is 2.27. The Morgan fingerprint density at radius 1 is 1.37 bits per heavy atom. The van der Waals surface area contributed by atoms with Crippen LogP contribution in [0.15, 0.2) is 18.2 Å². The molecule has 1 aliphatic rings. The second kappa shape index (κ2) is 6.60. The third-order valence-corrected chi connectivity index (χ3v) is 4.45. The van der Waals surface area contributed by atoms with Gasteiger partial charge in [-0.05, 0) is 63.6 Å². The van der Waals surface area contributed by atoms with Gasteiger partial charge in [-0.25, -0.2) is 0 Å². The number of benzene rings is 1. The fourth-order valence-corrected chi connectivity index (χ4v) is 2.98. The Hall–Kier alpha value is -0.770. The zero-order valence-corrected chi connectivity index (χ0v) is 12.7. The van der Waals surface area contributed by atoms with Gasteiger partial charge in [0.1, 0.15) is 0 Å². The molecule has 1 aromatic rings. The summed E-state index contributed by atoms with van der Waals surface area (Å²) in [4.78, 5) is 4.76. The van der Waals surface area contributed by atoms with Crippen LogP contribution in [0.1, 0.15) is 18.4 Å². The van der Waals surface area contributed by atoms with Crippen molar-refractivity contribution in [2.24, 2.45) is 5.73 Å². The third-order valence-electron chi connectivity index (χ3n) is 4.09. The summed E-state index contributed by atoms with van der Waals surface area (Å²) in [7, 11) is 4.36. The molecule has 0 atom stereocenters. The first-order chi connectivity index (χ1) is 9.11. The predicted molar refractivity (Wildman–Crippen MR) is 83.1 cm³/mol. The number of anilines is 1. The number of hydrogen-bond donors (Lipinski definition) is 1. The molecule has 0 aromatic heterocycles. The quantitative estimate of drug-likeness (QED) is 0.920. The van der Waals surface area contributed by atoms with Crippen LogP contribution >= 0.6 is 11.6 Å². The van der Waals surface area contributed by atoms with Gasteiger partial charge in [0.15, 0.2) is 0 Å². The predicted octanol–water partition coefficient (Wildman–Crippen LogP) is 2.37. The molecule has 4 heteroatoms. The number of halogens is 1. The Balaban J connectivity index is 2.06. The zero-order valence-electron chi connectivity index (χ0n) is 11.9. The molecule has 0 aliphatic carbocycles. The van der Waals surface area contributed by atoms with E-state index in [-0.39, 0.29) is 0 Å². The van der Waals surface area contributed by atoms with E-state index in [2.05, 4.69) is 42.1 Å². The smallest absolute Gasteiger partial charge is 0.0459 e. The van der Waals surface area contributed by atoms with Crippen molar-refractivity contribution < 1.29 is 0 Å². The molecule has 3 nitrogen and oxygen atoms in total. The Kier molecular flexibility index (Phi) is 5.08. The van der Waals surface area contributed by atoms with Crippen molar-refractivity contribution in [3.05, 3.63) is 28.8 Å². The number of hydrogen-bond acceptors (Lipinski definition) is 3. The highest BCUT2D eigenvalue weighted by atomic mass is 35.5. The van der Waals surface area contributed by atoms with Crippen molar-refractivity contribution in [1.82, 2.24) is 4.90 Å². The van der Waals surface area contributed by atoms with Gasteiger partial charge in [-0.3, -0.25) is 0 Å². The number of rotatable bonds is 4. The number of likely N-dealkylation sites (tertiary alicyclic amines) is 1. The lowest BCUT2D eigenvalue weighted by Crippen LogP contribution is -2.42. The number of nitrogens with two attached hydrogens (primary N) is 1. The summed E-state index contributed by atoms with van der Waals surface area (Å²) in [6.07, 6.45) is 3.28. The molecule has 1 saturated heterocycles. The lowest BCUT2D eigenvalue weighted by Gasteiger charge is -2.36. The molecule has 1 aliphatic heterocycles. The molecule has 19 heavy (non-hydrogen) atoms. The maximum Gasteiger partial charge on any atom is 0.0459 e. The molecule has 2 rings (SSSR count). The van der Waals surface area contributed by atoms with Crippen LogP contribution in [0.4, 0.5) is 5.69 Å². The van der Waals surface area contributed by atoms with Crippen molar-refractivity contribution in [3.8, 4) is 0 Å². The first kappa shape index (κ1) is 14.6. The molecule has 1 aromatic carbocycles. The van der Waals surface area contributed by atoms with Crippen molar-refractivity contribution in [1.29, 1.82) is 0 Å². The largest absolute Gasteiger partial charge is 0.371 e. The Morgan fingerprint density at radius 2 is 2.05 bits per heavy atom. The van der Waals surface area contributed by atoms with Crippen LogP contribution in [0.2, 0.25) is 5.02 Å². The number of piperidine rings is 1. The van der Waals surface area contributed by atoms with Crippen molar-refractivity contribution in [3.63, 3.8) is 0 Å². The van der Waals surface area contributed by atoms with Crippen LogP contribution < -0.4 is 10.6 Å². The van der Waals surface area contributed by atoms with E-state index in [9.17, 15) is 0 Å². The van der Waals surface area contributed by atoms with Crippen molar-refractivity contribution in [2.45, 2.75) is 25.3 Å². The molecular formula is C15H24ClN3. The van der Waals surface area contributed by atoms with E-state index in [1.165, 1.54) is 31.6 Å². The monoisotopic (exact) mass is 281 g/mol. The lowest BCUT2D eigenvalue weighted by atomic mass is 10.0. The maximum atomic E-state index is 6.32. The van der Waals surface area contributed by atoms with Crippen LogP contribution in [-0.4, -0.2) is 44.7 Å². The summed E-state index contributed by atoms with van der Waals surface area (Å²) in [6.45, 7) is 2.99. The van der Waals surface area contributed by atoms with Crippen LogP contribution in [0.25, 0.3) is 0 Å². The molecule has 0 radical (unpaired) electrons. The van der Waals surface area contributed by atoms with E-state index in [1.807, 2.05) is 0 Å². The normalized spacial score (nSPS) is 17.7. The van der Waals surface area contributed by atoms with Crippen LogP contribution in [0.3, 0.4) is 0 Å². The van der Waals surface area contributed by atoms with Gasteiger partial charge in [0, 0.05) is 23.8 Å². The molecule has 0 spiro atoms. The molecule has 0 saturated carbocycles. The van der Waals surface area contributed by atoms with Gasteiger partial charge in [-0.1, -0.05) is 17.7 Å². The molecule has 0 amide bonds. The Bertz CT molecular complexity index is 414. The highest BCUT2D eigenvalue weighted by molar-refractivity contribution is 6.31. The standard InChI is InChI=1S/C15H24ClN3/c1-18-9-6-13(7-10-18)19(2)14-4-3-12(5-8-17)15(16)11-14/h3-4,11,13H,5-10,17H2,1-2H3. The summed E-state index contributed by atoms with van der Waals surface area (Å²) < 4.78 is 0. The van der Waals surface area contributed by atoms with E-state index in [4.69, 9.17) is 17.3 Å². The minimum absolute atomic E-state index is 0.618. The maximum absolute atomic E-state index is 6.32. The average Bonchev–Trinajstić information content (AvgIpc) is 2.41. The summed E-state index contributed by atoms with van der Waals surface area (Å²) in [6, 6.07) is 6.96. The molecule has 1 heterocycles. The Labute approximate surface area is 121 Å². The molecule has 106 valence electrons. The first-order valence-corrected chi connectivity index (χ1v) is 7.39. The summed E-state index contributed by atoms with van der Waals surface area (Å²) >= 11 is 6.32. The lowest BCUT2D eigenvalue weighted by molar-refractivity contribution is 0.253. The molecule has 0 bridgehead atoms. The van der Waals surface area contributed by atoms with Gasteiger partial charge in [-0.15, -0.1) is 0 Å². The Morgan fingerprint density at radius 3 is 2.63 bits per heavy atom. The molecular weight excluding hydrogens is 258 g/mol. The van der Waals surface area contributed by atoms with Gasteiger partial charge in [0.05, 0.1) is 0 Å². The average molecular weight is 282 g/mol. The van der Waals surface area contributed by atoms with Gasteiger partial charge < -0.3 is 15.5 Å². The van der Waals surface area contributed by atoms with Crippen LogP contribution in [0, 0.1) is 0 Å². The minimum Gasteiger partial charge on any atom is -0.371 e. The zero-order chi connectivity index (χ0) is 13.8. The summed E-state index contributed by atoms with van der Waals surface area (Å²) in [5.74, 6) is 0. The molecule has 2 N–H and O–H groups in total. The summed E-state index contributed by atoms with van der Waals surface area (Å²) in [5.41, 5.74) is 7.94. The van der Waals surface area contributed by atoms with Crippen molar-refractivity contribution >= 4 is 17.3 Å². The molecule has 0 unspecified atom stereocenters. The van der Waals surface area contributed by atoms with Crippen LogP contribution in [-0.2, 0) is 6.42 Å². The van der Waals surface area contributed by atoms with E-state index in [0.29, 0.717) is 12.6 Å². The van der Waals surface area contributed by atoms with Gasteiger partial charge in [0.2, 0.25) is 0 Å². The fraction of sp³-hybridized carbons (Fsp3) is 0.600. The van der Waals surface area contributed by atoms with E-state index < -0.39 is 0 Å². The fourth-order valence-electron chi connectivity index (χ4n) is 2.71. The minimum atomic E-state index is 0.618. The van der Waals surface area contributed by atoms with Crippen LogP contribution in [0.5, 0.6) is 0 Å².